The van der Waals surface area contributed by atoms with Gasteiger partial charge in [-0.2, -0.15) is 0 Å². The second-order valence-corrected chi connectivity index (χ2v) is 3.57. The predicted molar refractivity (Wildman–Crippen MR) is 60.5 cm³/mol. The van der Waals surface area contributed by atoms with Crippen LogP contribution in [-0.4, -0.2) is 4.98 Å². The fraction of sp³-hybridized carbons (Fsp3) is 0.182. The minimum atomic E-state index is 0.387. The molecule has 2 N–H and O–H groups in total. The molecule has 2 aromatic rings. The standard InChI is InChI=1S/C11H11ClN2/c1-2-7-4-3-5-8-6-9(13)11(12)14-10(7)8/h3-6H,2,13H2,1H3. The van der Waals surface area contributed by atoms with Crippen molar-refractivity contribution >= 4 is 28.2 Å². The Kier molecular flexibility index (Phi) is 2.30. The van der Waals surface area contributed by atoms with Crippen molar-refractivity contribution in [2.45, 2.75) is 13.3 Å². The Morgan fingerprint density at radius 1 is 1.43 bits per heavy atom. The van der Waals surface area contributed by atoms with E-state index in [1.54, 1.807) is 0 Å². The average molecular weight is 207 g/mol. The van der Waals surface area contributed by atoms with Gasteiger partial charge in [0, 0.05) is 5.39 Å². The topological polar surface area (TPSA) is 38.9 Å². The van der Waals surface area contributed by atoms with Crippen LogP contribution in [-0.2, 0) is 6.42 Å². The number of aromatic nitrogens is 1. The molecule has 14 heavy (non-hydrogen) atoms. The van der Waals surface area contributed by atoms with Crippen LogP contribution in [0.4, 0.5) is 5.69 Å². The SMILES string of the molecule is CCc1cccc2cc(N)c(Cl)nc12. The minimum absolute atomic E-state index is 0.387. The van der Waals surface area contributed by atoms with Crippen molar-refractivity contribution in [2.24, 2.45) is 0 Å². The molecule has 1 aromatic carbocycles. The number of para-hydroxylation sites is 1. The van der Waals surface area contributed by atoms with Crippen molar-refractivity contribution in [1.29, 1.82) is 0 Å². The van der Waals surface area contributed by atoms with Crippen LogP contribution in [0.15, 0.2) is 24.3 Å². The molecule has 0 bridgehead atoms. The Labute approximate surface area is 87.7 Å². The quantitative estimate of drug-likeness (QED) is 0.729. The third-order valence-electron chi connectivity index (χ3n) is 2.29. The lowest BCUT2D eigenvalue weighted by atomic mass is 10.1. The van der Waals surface area contributed by atoms with Gasteiger partial charge in [-0.1, -0.05) is 36.7 Å². The van der Waals surface area contributed by atoms with Crippen molar-refractivity contribution in [3.05, 3.63) is 35.0 Å². The number of rotatable bonds is 1. The van der Waals surface area contributed by atoms with Gasteiger partial charge in [-0.05, 0) is 18.1 Å². The van der Waals surface area contributed by atoms with E-state index < -0.39 is 0 Å². The molecule has 1 heterocycles. The van der Waals surface area contributed by atoms with Gasteiger partial charge >= 0.3 is 0 Å². The summed E-state index contributed by atoms with van der Waals surface area (Å²) in [5.74, 6) is 0. The molecule has 3 heteroatoms. The fourth-order valence-corrected chi connectivity index (χ4v) is 1.68. The van der Waals surface area contributed by atoms with Gasteiger partial charge in [0.25, 0.3) is 0 Å². The molecule has 1 aromatic heterocycles. The number of hydrogen-bond acceptors (Lipinski definition) is 2. The number of halogens is 1. The van der Waals surface area contributed by atoms with Gasteiger partial charge in [-0.15, -0.1) is 0 Å². The first-order chi connectivity index (χ1) is 6.72. The summed E-state index contributed by atoms with van der Waals surface area (Å²) in [4.78, 5) is 4.29. The van der Waals surface area contributed by atoms with Gasteiger partial charge in [0.15, 0.2) is 5.15 Å². The molecule has 0 radical (unpaired) electrons. The molecule has 0 saturated carbocycles. The largest absolute Gasteiger partial charge is 0.396 e. The van der Waals surface area contributed by atoms with Crippen LogP contribution in [0.3, 0.4) is 0 Å². The van der Waals surface area contributed by atoms with Crippen molar-refractivity contribution in [3.63, 3.8) is 0 Å². The summed E-state index contributed by atoms with van der Waals surface area (Å²) in [5, 5.41) is 1.43. The lowest BCUT2D eigenvalue weighted by molar-refractivity contribution is 1.14. The van der Waals surface area contributed by atoms with Crippen molar-refractivity contribution < 1.29 is 0 Å². The molecule has 2 nitrogen and oxygen atoms in total. The lowest BCUT2D eigenvalue weighted by Gasteiger charge is -2.05. The summed E-state index contributed by atoms with van der Waals surface area (Å²) < 4.78 is 0. The van der Waals surface area contributed by atoms with Gasteiger partial charge in [0.2, 0.25) is 0 Å². The van der Waals surface area contributed by atoms with Crippen LogP contribution in [0.1, 0.15) is 12.5 Å². The molecule has 0 spiro atoms. The van der Waals surface area contributed by atoms with E-state index >= 15 is 0 Å². The van der Waals surface area contributed by atoms with Crippen LogP contribution in [0.2, 0.25) is 5.15 Å². The van der Waals surface area contributed by atoms with Crippen LogP contribution in [0, 0.1) is 0 Å². The predicted octanol–water partition coefficient (Wildman–Crippen LogP) is 3.03. The van der Waals surface area contributed by atoms with Crippen LogP contribution >= 0.6 is 11.6 Å². The zero-order valence-corrected chi connectivity index (χ0v) is 8.67. The highest BCUT2D eigenvalue weighted by molar-refractivity contribution is 6.32. The van der Waals surface area contributed by atoms with Gasteiger partial charge in [0.05, 0.1) is 11.2 Å². The van der Waals surface area contributed by atoms with Crippen LogP contribution in [0.5, 0.6) is 0 Å². The fourth-order valence-electron chi connectivity index (χ4n) is 1.54. The lowest BCUT2D eigenvalue weighted by Crippen LogP contribution is -1.92. The van der Waals surface area contributed by atoms with Crippen molar-refractivity contribution in [1.82, 2.24) is 4.98 Å². The highest BCUT2D eigenvalue weighted by Crippen LogP contribution is 2.24. The third-order valence-corrected chi connectivity index (χ3v) is 2.59. The maximum atomic E-state index is 5.88. The third kappa shape index (κ3) is 1.42. The first-order valence-corrected chi connectivity index (χ1v) is 4.93. The number of fused-ring (bicyclic) bond motifs is 1. The molecule has 0 amide bonds. The second kappa shape index (κ2) is 3.46. The number of nitrogens with zero attached hydrogens (tertiary/aromatic N) is 1. The van der Waals surface area contributed by atoms with Gasteiger partial charge < -0.3 is 5.73 Å². The molecule has 0 saturated heterocycles. The van der Waals surface area contributed by atoms with E-state index in [1.165, 1.54) is 5.56 Å². The van der Waals surface area contributed by atoms with E-state index in [9.17, 15) is 0 Å². The maximum Gasteiger partial charge on any atom is 0.152 e. The zero-order valence-electron chi connectivity index (χ0n) is 7.92. The molecule has 72 valence electrons. The number of hydrogen-bond donors (Lipinski definition) is 1. The van der Waals surface area contributed by atoms with Crippen LogP contribution < -0.4 is 5.73 Å². The molecular formula is C11H11ClN2. The number of nitrogens with two attached hydrogens (primary N) is 1. The molecule has 0 atom stereocenters. The average Bonchev–Trinajstić information content (AvgIpc) is 2.19. The van der Waals surface area contributed by atoms with Crippen LogP contribution in [0.25, 0.3) is 10.9 Å². The molecule has 0 aliphatic carbocycles. The molecule has 0 unspecified atom stereocenters. The number of nitrogen functional groups attached to an aromatic ring is 1. The number of anilines is 1. The van der Waals surface area contributed by atoms with Gasteiger partial charge in [-0.3, -0.25) is 0 Å². The molecule has 0 fully saturated rings. The highest BCUT2D eigenvalue weighted by atomic mass is 35.5. The van der Waals surface area contributed by atoms with E-state index in [4.69, 9.17) is 17.3 Å². The van der Waals surface area contributed by atoms with Crippen molar-refractivity contribution in [2.75, 3.05) is 5.73 Å². The summed E-state index contributed by atoms with van der Waals surface area (Å²) in [5.41, 5.74) is 8.37. The van der Waals surface area contributed by atoms with E-state index in [0.717, 1.165) is 17.3 Å². The van der Waals surface area contributed by atoms with Gasteiger partial charge in [0.1, 0.15) is 0 Å². The number of aryl methyl sites for hydroxylation is 1. The summed E-state index contributed by atoms with van der Waals surface area (Å²) in [6, 6.07) is 7.93. The zero-order chi connectivity index (χ0) is 10.1. The Bertz CT molecular complexity index is 480. The van der Waals surface area contributed by atoms with Crippen molar-refractivity contribution in [3.8, 4) is 0 Å². The maximum absolute atomic E-state index is 5.88. The van der Waals surface area contributed by atoms with E-state index in [0.29, 0.717) is 10.8 Å². The summed E-state index contributed by atoms with van der Waals surface area (Å²) in [6.45, 7) is 2.10. The first kappa shape index (κ1) is 9.28. The molecule has 2 rings (SSSR count). The highest BCUT2D eigenvalue weighted by Gasteiger charge is 2.04. The summed E-state index contributed by atoms with van der Waals surface area (Å²) in [7, 11) is 0. The van der Waals surface area contributed by atoms with E-state index in [1.807, 2.05) is 18.2 Å². The Balaban J connectivity index is 2.81. The van der Waals surface area contributed by atoms with E-state index in [-0.39, 0.29) is 0 Å². The minimum Gasteiger partial charge on any atom is -0.396 e. The summed E-state index contributed by atoms with van der Waals surface area (Å²) in [6.07, 6.45) is 0.949. The Morgan fingerprint density at radius 3 is 2.93 bits per heavy atom. The Morgan fingerprint density at radius 2 is 2.21 bits per heavy atom. The number of pyridine rings is 1. The van der Waals surface area contributed by atoms with E-state index in [2.05, 4.69) is 18.0 Å². The monoisotopic (exact) mass is 206 g/mol. The molecule has 0 aliphatic rings. The first-order valence-electron chi connectivity index (χ1n) is 4.56. The smallest absolute Gasteiger partial charge is 0.152 e. The summed E-state index contributed by atoms with van der Waals surface area (Å²) >= 11 is 5.88. The molecular weight excluding hydrogens is 196 g/mol. The second-order valence-electron chi connectivity index (χ2n) is 3.21. The molecule has 0 aliphatic heterocycles. The Hall–Kier alpha value is -1.28. The number of benzene rings is 1. The van der Waals surface area contributed by atoms with Gasteiger partial charge in [-0.25, -0.2) is 4.98 Å². The normalized spacial score (nSPS) is 10.7.